The Morgan fingerprint density at radius 3 is 2.95 bits per heavy atom. The first kappa shape index (κ1) is 13.3. The Kier molecular flexibility index (Phi) is 3.99. The quantitative estimate of drug-likeness (QED) is 0.846. The van der Waals surface area contributed by atoms with Crippen molar-refractivity contribution >= 4 is 17.7 Å². The molecule has 2 heterocycles. The summed E-state index contributed by atoms with van der Waals surface area (Å²) in [6.07, 6.45) is 4.17. The highest BCUT2D eigenvalue weighted by Crippen LogP contribution is 2.26. The van der Waals surface area contributed by atoms with E-state index in [0.29, 0.717) is 12.4 Å². The zero-order valence-electron chi connectivity index (χ0n) is 10.8. The van der Waals surface area contributed by atoms with E-state index in [1.807, 2.05) is 0 Å². The normalized spacial score (nSPS) is 19.0. The average molecular weight is 263 g/mol. The molecule has 0 aromatic carbocycles. The third-order valence-corrected chi connectivity index (χ3v) is 3.34. The largest absolute Gasteiger partial charge is 0.478 e. The van der Waals surface area contributed by atoms with E-state index < -0.39 is 5.97 Å². The van der Waals surface area contributed by atoms with Gasteiger partial charge < -0.3 is 15.3 Å². The van der Waals surface area contributed by atoms with Gasteiger partial charge in [-0.2, -0.15) is 0 Å². The van der Waals surface area contributed by atoms with Gasteiger partial charge in [-0.15, -0.1) is 0 Å². The number of piperidine rings is 1. The number of carboxylic acid groups (broad SMARTS) is 1. The van der Waals surface area contributed by atoms with Crippen LogP contribution in [0.3, 0.4) is 0 Å². The molecule has 6 nitrogen and oxygen atoms in total. The van der Waals surface area contributed by atoms with Crippen molar-refractivity contribution in [3.05, 3.63) is 23.9 Å². The Morgan fingerprint density at radius 2 is 2.26 bits per heavy atom. The molecule has 1 unspecified atom stereocenters. The summed E-state index contributed by atoms with van der Waals surface area (Å²) in [4.78, 5) is 29.1. The molecule has 1 fully saturated rings. The van der Waals surface area contributed by atoms with Crippen molar-refractivity contribution in [2.45, 2.75) is 25.3 Å². The fourth-order valence-corrected chi connectivity index (χ4v) is 2.42. The Morgan fingerprint density at radius 1 is 1.47 bits per heavy atom. The van der Waals surface area contributed by atoms with E-state index in [0.717, 1.165) is 19.3 Å². The third kappa shape index (κ3) is 2.67. The van der Waals surface area contributed by atoms with Crippen LogP contribution in [0.25, 0.3) is 0 Å². The third-order valence-electron chi connectivity index (χ3n) is 3.34. The molecule has 0 aliphatic carbocycles. The number of nitrogens with one attached hydrogen (secondary N) is 1. The molecular weight excluding hydrogens is 246 g/mol. The zero-order chi connectivity index (χ0) is 13.8. The number of hydrogen-bond acceptors (Lipinski definition) is 4. The summed E-state index contributed by atoms with van der Waals surface area (Å²) in [6.45, 7) is 0.648. The number of nitrogens with zero attached hydrogens (tertiary/aromatic N) is 2. The van der Waals surface area contributed by atoms with Gasteiger partial charge in [-0.1, -0.05) is 0 Å². The highest BCUT2D eigenvalue weighted by Gasteiger charge is 2.31. The molecule has 2 N–H and O–H groups in total. The van der Waals surface area contributed by atoms with Crippen molar-refractivity contribution in [2.24, 2.45) is 0 Å². The monoisotopic (exact) mass is 263 g/mol. The first-order valence-corrected chi connectivity index (χ1v) is 6.31. The van der Waals surface area contributed by atoms with E-state index in [9.17, 15) is 14.7 Å². The van der Waals surface area contributed by atoms with Gasteiger partial charge in [-0.25, -0.2) is 9.78 Å². The summed E-state index contributed by atoms with van der Waals surface area (Å²) in [7, 11) is 1.59. The van der Waals surface area contributed by atoms with Crippen molar-refractivity contribution in [3.63, 3.8) is 0 Å². The minimum Gasteiger partial charge on any atom is -0.478 e. The SMILES string of the molecule is CNC(=O)C1CCCCN1c1ncccc1C(=O)O. The van der Waals surface area contributed by atoms with Crippen molar-refractivity contribution in [1.29, 1.82) is 0 Å². The number of hydrogen-bond donors (Lipinski definition) is 2. The second-order valence-corrected chi connectivity index (χ2v) is 4.50. The summed E-state index contributed by atoms with van der Waals surface area (Å²) < 4.78 is 0. The van der Waals surface area contributed by atoms with Gasteiger partial charge in [0.25, 0.3) is 0 Å². The van der Waals surface area contributed by atoms with Crippen molar-refractivity contribution in [2.75, 3.05) is 18.5 Å². The summed E-state index contributed by atoms with van der Waals surface area (Å²) in [6, 6.07) is 2.76. The molecule has 0 spiro atoms. The van der Waals surface area contributed by atoms with E-state index in [2.05, 4.69) is 10.3 Å². The topological polar surface area (TPSA) is 82.5 Å². The number of carbonyl (C=O) groups excluding carboxylic acids is 1. The Labute approximate surface area is 111 Å². The molecule has 6 heteroatoms. The summed E-state index contributed by atoms with van der Waals surface area (Å²) >= 11 is 0. The second kappa shape index (κ2) is 5.69. The lowest BCUT2D eigenvalue weighted by Gasteiger charge is -2.35. The minimum atomic E-state index is -1.02. The molecule has 102 valence electrons. The molecule has 1 saturated heterocycles. The van der Waals surface area contributed by atoms with Crippen LogP contribution in [0.4, 0.5) is 5.82 Å². The molecular formula is C13H17N3O3. The standard InChI is InChI=1S/C13H17N3O3/c1-14-12(17)10-6-2-3-8-16(10)11-9(13(18)19)5-4-7-15-11/h4-5,7,10H,2-3,6,8H2,1H3,(H,14,17)(H,18,19). The van der Waals surface area contributed by atoms with Crippen molar-refractivity contribution < 1.29 is 14.7 Å². The Hall–Kier alpha value is -2.11. The first-order valence-electron chi connectivity index (χ1n) is 6.31. The summed E-state index contributed by atoms with van der Waals surface area (Å²) in [5.41, 5.74) is 0.137. The van der Waals surface area contributed by atoms with Crippen LogP contribution in [-0.2, 0) is 4.79 Å². The van der Waals surface area contributed by atoms with Crippen LogP contribution in [0.2, 0.25) is 0 Å². The maximum atomic E-state index is 11.9. The summed E-state index contributed by atoms with van der Waals surface area (Å²) in [5, 5.41) is 11.8. The first-order chi connectivity index (χ1) is 9.15. The van der Waals surface area contributed by atoms with Gasteiger partial charge >= 0.3 is 5.97 Å². The smallest absolute Gasteiger partial charge is 0.339 e. The van der Waals surface area contributed by atoms with Crippen LogP contribution in [0.1, 0.15) is 29.6 Å². The van der Waals surface area contributed by atoms with E-state index in [1.165, 1.54) is 6.07 Å². The zero-order valence-corrected chi connectivity index (χ0v) is 10.8. The lowest BCUT2D eigenvalue weighted by Crippen LogP contribution is -2.49. The van der Waals surface area contributed by atoms with Crippen LogP contribution >= 0.6 is 0 Å². The Bertz CT molecular complexity index is 490. The van der Waals surface area contributed by atoms with E-state index in [4.69, 9.17) is 0 Å². The molecule has 1 aromatic heterocycles. The van der Waals surface area contributed by atoms with Crippen LogP contribution in [-0.4, -0.2) is 41.6 Å². The van der Waals surface area contributed by atoms with Gasteiger partial charge in [-0.3, -0.25) is 4.79 Å². The van der Waals surface area contributed by atoms with Crippen molar-refractivity contribution in [1.82, 2.24) is 10.3 Å². The highest BCUT2D eigenvalue weighted by atomic mass is 16.4. The number of carbonyl (C=O) groups is 2. The number of rotatable bonds is 3. The molecule has 1 atom stereocenters. The van der Waals surface area contributed by atoms with E-state index in [-0.39, 0.29) is 17.5 Å². The minimum absolute atomic E-state index is 0.0957. The fourth-order valence-electron chi connectivity index (χ4n) is 2.42. The predicted molar refractivity (Wildman–Crippen MR) is 70.2 cm³/mol. The number of carboxylic acids is 1. The number of likely N-dealkylation sites (N-methyl/N-ethyl adjacent to an activating group) is 1. The van der Waals surface area contributed by atoms with Crippen molar-refractivity contribution in [3.8, 4) is 0 Å². The van der Waals surface area contributed by atoms with Crippen LogP contribution in [0, 0.1) is 0 Å². The lowest BCUT2D eigenvalue weighted by atomic mass is 10.0. The van der Waals surface area contributed by atoms with E-state index in [1.54, 1.807) is 24.2 Å². The number of aromatic carboxylic acids is 1. The predicted octanol–water partition coefficient (Wildman–Crippen LogP) is 0.885. The molecule has 19 heavy (non-hydrogen) atoms. The molecule has 1 amide bonds. The number of pyridine rings is 1. The molecule has 1 aromatic rings. The molecule has 1 aliphatic heterocycles. The van der Waals surface area contributed by atoms with Crippen LogP contribution in [0.5, 0.6) is 0 Å². The summed E-state index contributed by atoms with van der Waals surface area (Å²) in [5.74, 6) is -0.741. The molecule has 1 aliphatic rings. The van der Waals surface area contributed by atoms with Gasteiger partial charge in [-0.05, 0) is 31.4 Å². The van der Waals surface area contributed by atoms with Gasteiger partial charge in [0.05, 0.1) is 0 Å². The number of aromatic nitrogens is 1. The maximum Gasteiger partial charge on any atom is 0.339 e. The van der Waals surface area contributed by atoms with Gasteiger partial charge in [0.1, 0.15) is 17.4 Å². The molecule has 0 saturated carbocycles. The lowest BCUT2D eigenvalue weighted by molar-refractivity contribution is -0.122. The average Bonchev–Trinajstić information content (AvgIpc) is 2.46. The number of amides is 1. The van der Waals surface area contributed by atoms with Crippen LogP contribution < -0.4 is 10.2 Å². The molecule has 2 rings (SSSR count). The van der Waals surface area contributed by atoms with Gasteiger partial charge in [0, 0.05) is 19.8 Å². The Balaban J connectivity index is 2.37. The van der Waals surface area contributed by atoms with E-state index >= 15 is 0 Å². The van der Waals surface area contributed by atoms with Gasteiger partial charge in [0.2, 0.25) is 5.91 Å². The maximum absolute atomic E-state index is 11.9. The molecule has 0 bridgehead atoms. The highest BCUT2D eigenvalue weighted by molar-refractivity contribution is 5.94. The van der Waals surface area contributed by atoms with Gasteiger partial charge in [0.15, 0.2) is 0 Å². The molecule has 0 radical (unpaired) electrons. The second-order valence-electron chi connectivity index (χ2n) is 4.50. The number of anilines is 1. The fraction of sp³-hybridized carbons (Fsp3) is 0.462. The van der Waals surface area contributed by atoms with Crippen LogP contribution in [0.15, 0.2) is 18.3 Å².